The molecule has 0 atom stereocenters. The minimum Gasteiger partial charge on any atom is -0.302 e. The van der Waals surface area contributed by atoms with Crippen LogP contribution in [0.4, 0.5) is 0 Å². The van der Waals surface area contributed by atoms with Gasteiger partial charge in [0.15, 0.2) is 11.6 Å². The van der Waals surface area contributed by atoms with E-state index in [-0.39, 0.29) is 11.6 Å². The number of thiazole rings is 1. The zero-order valence-electron chi connectivity index (χ0n) is 12.6. The highest BCUT2D eigenvalue weighted by atomic mass is 32.1. The first-order chi connectivity index (χ1) is 9.88. The van der Waals surface area contributed by atoms with Crippen LogP contribution in [0.3, 0.4) is 0 Å². The van der Waals surface area contributed by atoms with Crippen molar-refractivity contribution in [2.75, 3.05) is 20.6 Å². The lowest BCUT2D eigenvalue weighted by molar-refractivity contribution is 0.0959. The van der Waals surface area contributed by atoms with Crippen molar-refractivity contribution >= 4 is 22.9 Å². The third-order valence-corrected chi connectivity index (χ3v) is 4.27. The number of aryl methyl sites for hydroxylation is 1. The van der Waals surface area contributed by atoms with Crippen LogP contribution in [0.2, 0.25) is 0 Å². The summed E-state index contributed by atoms with van der Waals surface area (Å²) in [4.78, 5) is 30.6. The van der Waals surface area contributed by atoms with Crippen molar-refractivity contribution in [2.24, 2.45) is 0 Å². The Balaban J connectivity index is 2.36. The second-order valence-electron chi connectivity index (χ2n) is 5.23. The molecule has 1 aromatic carbocycles. The normalized spacial score (nSPS) is 10.9. The Morgan fingerprint density at radius 1 is 1.29 bits per heavy atom. The largest absolute Gasteiger partial charge is 0.302 e. The molecule has 21 heavy (non-hydrogen) atoms. The van der Waals surface area contributed by atoms with Gasteiger partial charge >= 0.3 is 0 Å². The molecule has 0 aliphatic rings. The maximum absolute atomic E-state index is 12.2. The summed E-state index contributed by atoms with van der Waals surface area (Å²) >= 11 is 1.38. The predicted molar refractivity (Wildman–Crippen MR) is 85.2 cm³/mol. The molecule has 1 aromatic heterocycles. The second kappa shape index (κ2) is 6.28. The van der Waals surface area contributed by atoms with Gasteiger partial charge in [0, 0.05) is 11.1 Å². The Labute approximate surface area is 128 Å². The van der Waals surface area contributed by atoms with Gasteiger partial charge in [0.05, 0.1) is 17.1 Å². The highest BCUT2D eigenvalue weighted by Crippen LogP contribution is 2.29. The van der Waals surface area contributed by atoms with Crippen molar-refractivity contribution in [2.45, 2.75) is 13.8 Å². The molecule has 0 spiro atoms. The van der Waals surface area contributed by atoms with Crippen molar-refractivity contribution in [3.8, 4) is 10.6 Å². The van der Waals surface area contributed by atoms with E-state index in [1.807, 2.05) is 44.1 Å². The summed E-state index contributed by atoms with van der Waals surface area (Å²) in [5.74, 6) is 0.0954. The maximum atomic E-state index is 12.2. The summed E-state index contributed by atoms with van der Waals surface area (Å²) < 4.78 is 0. The van der Waals surface area contributed by atoms with E-state index >= 15 is 0 Å². The number of carbonyl (C=O) groups is 2. The molecule has 5 heteroatoms. The third kappa shape index (κ3) is 3.62. The summed E-state index contributed by atoms with van der Waals surface area (Å²) in [5.41, 5.74) is 2.27. The monoisotopic (exact) mass is 302 g/mol. The topological polar surface area (TPSA) is 50.3 Å². The van der Waals surface area contributed by atoms with Gasteiger partial charge in [0.1, 0.15) is 5.01 Å². The molecule has 2 aromatic rings. The molecule has 2 rings (SSSR count). The number of aromatic nitrogens is 1. The molecule has 0 bridgehead atoms. The van der Waals surface area contributed by atoms with Crippen LogP contribution in [0, 0.1) is 6.92 Å². The Bertz CT molecular complexity index is 689. The molecule has 1 heterocycles. The number of Topliss-reactive ketones (excluding diaryl/α,β-unsaturated/α-hetero) is 2. The van der Waals surface area contributed by atoms with E-state index in [1.165, 1.54) is 18.3 Å². The average molecular weight is 302 g/mol. The zero-order chi connectivity index (χ0) is 15.6. The molecule has 0 saturated heterocycles. The molecule has 0 unspecified atom stereocenters. The molecule has 0 saturated carbocycles. The van der Waals surface area contributed by atoms with E-state index in [2.05, 4.69) is 4.98 Å². The van der Waals surface area contributed by atoms with Crippen molar-refractivity contribution in [3.63, 3.8) is 0 Å². The van der Waals surface area contributed by atoms with Crippen LogP contribution in [-0.2, 0) is 0 Å². The fraction of sp³-hybridized carbons (Fsp3) is 0.312. The van der Waals surface area contributed by atoms with Gasteiger partial charge < -0.3 is 4.90 Å². The first-order valence-corrected chi connectivity index (χ1v) is 7.47. The van der Waals surface area contributed by atoms with Crippen LogP contribution in [-0.4, -0.2) is 42.1 Å². The summed E-state index contributed by atoms with van der Waals surface area (Å²) in [6, 6.07) is 7.35. The number of hydrogen-bond donors (Lipinski definition) is 0. The minimum atomic E-state index is 0.0223. The van der Waals surface area contributed by atoms with Crippen LogP contribution in [0.25, 0.3) is 10.6 Å². The molecule has 0 amide bonds. The van der Waals surface area contributed by atoms with E-state index < -0.39 is 0 Å². The van der Waals surface area contributed by atoms with E-state index in [9.17, 15) is 9.59 Å². The molecule has 110 valence electrons. The van der Waals surface area contributed by atoms with Crippen molar-refractivity contribution in [1.82, 2.24) is 9.88 Å². The Hall–Kier alpha value is -1.85. The fourth-order valence-electron chi connectivity index (χ4n) is 2.01. The van der Waals surface area contributed by atoms with Crippen LogP contribution in [0.5, 0.6) is 0 Å². The number of hydrogen-bond acceptors (Lipinski definition) is 5. The number of benzene rings is 1. The van der Waals surface area contributed by atoms with Gasteiger partial charge in [0.25, 0.3) is 0 Å². The number of likely N-dealkylation sites (N-methyl/N-ethyl adjacent to an activating group) is 1. The van der Waals surface area contributed by atoms with Crippen LogP contribution >= 0.6 is 11.3 Å². The minimum absolute atomic E-state index is 0.0223. The van der Waals surface area contributed by atoms with E-state index in [0.29, 0.717) is 17.0 Å². The number of rotatable bonds is 5. The van der Waals surface area contributed by atoms with Crippen molar-refractivity contribution < 1.29 is 9.59 Å². The number of nitrogens with zero attached hydrogens (tertiary/aromatic N) is 2. The van der Waals surface area contributed by atoms with Gasteiger partial charge in [-0.05, 0) is 34.0 Å². The summed E-state index contributed by atoms with van der Waals surface area (Å²) in [6.45, 7) is 3.76. The van der Waals surface area contributed by atoms with E-state index in [4.69, 9.17) is 0 Å². The lowest BCUT2D eigenvalue weighted by atomic mass is 10.1. The SMILES string of the molecule is CC(=O)c1cccc(-c2nc(C)c(C(=O)CN(C)C)s2)c1. The van der Waals surface area contributed by atoms with E-state index in [0.717, 1.165) is 16.3 Å². The first-order valence-electron chi connectivity index (χ1n) is 6.65. The lowest BCUT2D eigenvalue weighted by Crippen LogP contribution is -2.21. The average Bonchev–Trinajstić information content (AvgIpc) is 2.80. The summed E-state index contributed by atoms with van der Waals surface area (Å²) in [6.07, 6.45) is 0. The Morgan fingerprint density at radius 3 is 2.62 bits per heavy atom. The maximum Gasteiger partial charge on any atom is 0.188 e. The molecule has 0 aliphatic heterocycles. The van der Waals surface area contributed by atoms with Gasteiger partial charge in [-0.3, -0.25) is 9.59 Å². The second-order valence-corrected chi connectivity index (χ2v) is 6.23. The molecule has 0 fully saturated rings. The van der Waals surface area contributed by atoms with Gasteiger partial charge in [-0.15, -0.1) is 11.3 Å². The molecule has 0 aliphatic carbocycles. The van der Waals surface area contributed by atoms with Gasteiger partial charge in [-0.1, -0.05) is 18.2 Å². The first kappa shape index (κ1) is 15.5. The van der Waals surface area contributed by atoms with Gasteiger partial charge in [-0.25, -0.2) is 4.98 Å². The summed E-state index contributed by atoms with van der Waals surface area (Å²) in [7, 11) is 3.73. The van der Waals surface area contributed by atoms with Crippen LogP contribution in [0.15, 0.2) is 24.3 Å². The van der Waals surface area contributed by atoms with Crippen LogP contribution in [0.1, 0.15) is 32.6 Å². The fourth-order valence-corrected chi connectivity index (χ4v) is 3.00. The highest BCUT2D eigenvalue weighted by Gasteiger charge is 2.17. The smallest absolute Gasteiger partial charge is 0.188 e. The summed E-state index contributed by atoms with van der Waals surface area (Å²) in [5, 5.41) is 0.776. The molecular formula is C16H18N2O2S. The Kier molecular flexibility index (Phi) is 4.65. The Morgan fingerprint density at radius 2 is 2.00 bits per heavy atom. The highest BCUT2D eigenvalue weighted by molar-refractivity contribution is 7.17. The molecule has 0 radical (unpaired) electrons. The quantitative estimate of drug-likeness (QED) is 0.797. The standard InChI is InChI=1S/C16H18N2O2S/c1-10-15(14(20)9-18(3)4)21-16(17-10)13-7-5-6-12(8-13)11(2)19/h5-8H,9H2,1-4H3. The lowest BCUT2D eigenvalue weighted by Gasteiger charge is -2.06. The van der Waals surface area contributed by atoms with E-state index in [1.54, 1.807) is 6.07 Å². The third-order valence-electron chi connectivity index (χ3n) is 3.03. The van der Waals surface area contributed by atoms with Crippen molar-refractivity contribution in [1.29, 1.82) is 0 Å². The molecule has 4 nitrogen and oxygen atoms in total. The number of ketones is 2. The van der Waals surface area contributed by atoms with Crippen LogP contribution < -0.4 is 0 Å². The number of carbonyl (C=O) groups excluding carboxylic acids is 2. The predicted octanol–water partition coefficient (Wildman–Crippen LogP) is 3.07. The van der Waals surface area contributed by atoms with Gasteiger partial charge in [0.2, 0.25) is 0 Å². The van der Waals surface area contributed by atoms with Crippen molar-refractivity contribution in [3.05, 3.63) is 40.4 Å². The van der Waals surface area contributed by atoms with Gasteiger partial charge in [-0.2, -0.15) is 0 Å². The molecule has 0 N–H and O–H groups in total. The zero-order valence-corrected chi connectivity index (χ0v) is 13.5. The molecular weight excluding hydrogens is 284 g/mol.